The summed E-state index contributed by atoms with van der Waals surface area (Å²) in [5, 5.41) is 16.7. The molecule has 29 heavy (non-hydrogen) atoms. The SMILES string of the molecule is CN1CC[C@@](O)(C#Cc2cc(NC(=O)c3ccncn3)cc(NC3CC3)c2)C1=O. The predicted molar refractivity (Wildman–Crippen MR) is 107 cm³/mol. The lowest BCUT2D eigenvalue weighted by Crippen LogP contribution is -2.37. The summed E-state index contributed by atoms with van der Waals surface area (Å²) in [6.45, 7) is 0.466. The van der Waals surface area contributed by atoms with E-state index in [1.54, 1.807) is 13.1 Å². The van der Waals surface area contributed by atoms with Gasteiger partial charge >= 0.3 is 0 Å². The molecule has 1 atom stereocenters. The van der Waals surface area contributed by atoms with Crippen molar-refractivity contribution in [3.8, 4) is 11.8 Å². The summed E-state index contributed by atoms with van der Waals surface area (Å²) in [7, 11) is 1.64. The van der Waals surface area contributed by atoms with Crippen LogP contribution < -0.4 is 10.6 Å². The topological polar surface area (TPSA) is 107 Å². The number of aliphatic hydroxyl groups is 1. The smallest absolute Gasteiger partial charge is 0.274 e. The molecule has 1 saturated carbocycles. The van der Waals surface area contributed by atoms with Crippen molar-refractivity contribution in [1.82, 2.24) is 14.9 Å². The second-order valence-electron chi connectivity index (χ2n) is 7.35. The molecular weight excluding hydrogens is 370 g/mol. The van der Waals surface area contributed by atoms with E-state index in [2.05, 4.69) is 32.4 Å². The fourth-order valence-corrected chi connectivity index (χ4v) is 3.08. The van der Waals surface area contributed by atoms with Crippen LogP contribution in [0.15, 0.2) is 36.8 Å². The van der Waals surface area contributed by atoms with Gasteiger partial charge in [0.15, 0.2) is 0 Å². The van der Waals surface area contributed by atoms with E-state index < -0.39 is 11.5 Å². The summed E-state index contributed by atoms with van der Waals surface area (Å²) in [4.78, 5) is 33.8. The van der Waals surface area contributed by atoms with Gasteiger partial charge in [0.05, 0.1) is 0 Å². The maximum absolute atomic E-state index is 12.4. The first kappa shape index (κ1) is 18.9. The summed E-state index contributed by atoms with van der Waals surface area (Å²) < 4.78 is 0. The van der Waals surface area contributed by atoms with Crippen molar-refractivity contribution in [2.75, 3.05) is 24.2 Å². The van der Waals surface area contributed by atoms with Crippen LogP contribution >= 0.6 is 0 Å². The molecule has 1 aromatic carbocycles. The third-order valence-electron chi connectivity index (χ3n) is 4.88. The Kier molecular flexibility index (Phi) is 4.91. The summed E-state index contributed by atoms with van der Waals surface area (Å²) in [5.74, 6) is 4.86. The molecule has 2 heterocycles. The van der Waals surface area contributed by atoms with E-state index in [0.717, 1.165) is 18.5 Å². The highest BCUT2D eigenvalue weighted by molar-refractivity contribution is 6.03. The molecule has 8 heteroatoms. The molecule has 0 unspecified atom stereocenters. The number of carbonyl (C=O) groups is 2. The number of rotatable bonds is 4. The van der Waals surface area contributed by atoms with Crippen LogP contribution in [0.4, 0.5) is 11.4 Å². The van der Waals surface area contributed by atoms with E-state index in [-0.39, 0.29) is 18.0 Å². The van der Waals surface area contributed by atoms with Crippen LogP contribution in [0.3, 0.4) is 0 Å². The van der Waals surface area contributed by atoms with E-state index in [1.165, 1.54) is 23.5 Å². The molecule has 1 aliphatic heterocycles. The first-order valence-corrected chi connectivity index (χ1v) is 9.43. The predicted octanol–water partition coefficient (Wildman–Crippen LogP) is 1.25. The number of likely N-dealkylation sites (N-methyl/N-ethyl adjacent to an activating group) is 1. The molecule has 4 rings (SSSR count). The molecule has 8 nitrogen and oxygen atoms in total. The van der Waals surface area contributed by atoms with Crippen LogP contribution in [-0.2, 0) is 4.79 Å². The highest BCUT2D eigenvalue weighted by Gasteiger charge is 2.42. The molecule has 2 aliphatic rings. The zero-order valence-electron chi connectivity index (χ0n) is 16.0. The number of carbonyl (C=O) groups excluding carboxylic acids is 2. The average Bonchev–Trinajstić information content (AvgIpc) is 3.50. The molecule has 1 saturated heterocycles. The van der Waals surface area contributed by atoms with Crippen LogP contribution in [0.2, 0.25) is 0 Å². The number of amides is 2. The van der Waals surface area contributed by atoms with Gasteiger partial charge in [-0.25, -0.2) is 9.97 Å². The largest absolute Gasteiger partial charge is 0.382 e. The van der Waals surface area contributed by atoms with E-state index in [1.807, 2.05) is 12.1 Å². The second-order valence-corrected chi connectivity index (χ2v) is 7.35. The van der Waals surface area contributed by atoms with E-state index >= 15 is 0 Å². The first-order valence-electron chi connectivity index (χ1n) is 9.43. The fourth-order valence-electron chi connectivity index (χ4n) is 3.08. The summed E-state index contributed by atoms with van der Waals surface area (Å²) >= 11 is 0. The lowest BCUT2D eigenvalue weighted by atomic mass is 10.0. The van der Waals surface area contributed by atoms with Crippen molar-refractivity contribution in [1.29, 1.82) is 0 Å². The Hall–Kier alpha value is -3.44. The maximum atomic E-state index is 12.4. The lowest BCUT2D eigenvalue weighted by molar-refractivity contribution is -0.137. The van der Waals surface area contributed by atoms with Crippen molar-refractivity contribution in [3.63, 3.8) is 0 Å². The Morgan fingerprint density at radius 1 is 1.31 bits per heavy atom. The normalized spacial score (nSPS) is 20.8. The van der Waals surface area contributed by atoms with Gasteiger partial charge in [-0.2, -0.15) is 0 Å². The lowest BCUT2D eigenvalue weighted by Gasteiger charge is -2.13. The molecular formula is C21H21N5O3. The number of nitrogens with one attached hydrogen (secondary N) is 2. The van der Waals surface area contributed by atoms with Crippen LogP contribution in [0.5, 0.6) is 0 Å². The van der Waals surface area contributed by atoms with Crippen LogP contribution in [-0.4, -0.2) is 57.0 Å². The number of hydrogen-bond donors (Lipinski definition) is 3. The van der Waals surface area contributed by atoms with Crippen molar-refractivity contribution < 1.29 is 14.7 Å². The van der Waals surface area contributed by atoms with Gasteiger partial charge in [-0.05, 0) is 37.1 Å². The maximum Gasteiger partial charge on any atom is 0.274 e. The quantitative estimate of drug-likeness (QED) is 0.677. The van der Waals surface area contributed by atoms with Crippen molar-refractivity contribution in [2.24, 2.45) is 0 Å². The third kappa shape index (κ3) is 4.36. The Morgan fingerprint density at radius 2 is 2.10 bits per heavy atom. The fraction of sp³-hybridized carbons (Fsp3) is 0.333. The van der Waals surface area contributed by atoms with Gasteiger partial charge < -0.3 is 20.6 Å². The zero-order chi connectivity index (χ0) is 20.4. The Morgan fingerprint density at radius 3 is 2.76 bits per heavy atom. The third-order valence-corrected chi connectivity index (χ3v) is 4.88. The van der Waals surface area contributed by atoms with Gasteiger partial charge in [0.25, 0.3) is 11.8 Å². The Balaban J connectivity index is 1.60. The Labute approximate surface area is 168 Å². The minimum atomic E-state index is -1.67. The van der Waals surface area contributed by atoms with Crippen molar-refractivity contribution in [2.45, 2.75) is 30.9 Å². The van der Waals surface area contributed by atoms with Gasteiger partial charge in [-0.15, -0.1) is 0 Å². The van der Waals surface area contributed by atoms with E-state index in [0.29, 0.717) is 23.8 Å². The molecule has 3 N–H and O–H groups in total. The van der Waals surface area contributed by atoms with Crippen LogP contribution in [0.25, 0.3) is 0 Å². The first-order chi connectivity index (χ1) is 13.9. The number of benzene rings is 1. The average molecular weight is 391 g/mol. The van der Waals surface area contributed by atoms with Crippen molar-refractivity contribution in [3.05, 3.63) is 48.0 Å². The minimum Gasteiger partial charge on any atom is -0.382 e. The number of hydrogen-bond acceptors (Lipinski definition) is 6. The molecule has 1 aromatic heterocycles. The van der Waals surface area contributed by atoms with Gasteiger partial charge in [0.1, 0.15) is 12.0 Å². The van der Waals surface area contributed by atoms with Gasteiger partial charge in [-0.1, -0.05) is 11.8 Å². The molecule has 0 spiro atoms. The molecule has 2 amide bonds. The molecule has 0 radical (unpaired) electrons. The minimum absolute atomic E-state index is 0.252. The van der Waals surface area contributed by atoms with Crippen molar-refractivity contribution >= 4 is 23.2 Å². The second kappa shape index (κ2) is 7.53. The Bertz CT molecular complexity index is 1010. The summed E-state index contributed by atoms with van der Waals surface area (Å²) in [5.41, 5.74) is 0.537. The van der Waals surface area contributed by atoms with E-state index in [9.17, 15) is 14.7 Å². The number of nitrogens with zero attached hydrogens (tertiary/aromatic N) is 3. The highest BCUT2D eigenvalue weighted by atomic mass is 16.3. The van der Waals surface area contributed by atoms with Crippen LogP contribution in [0.1, 0.15) is 35.3 Å². The molecule has 0 bridgehead atoms. The summed E-state index contributed by atoms with van der Waals surface area (Å²) in [6, 6.07) is 7.32. The monoisotopic (exact) mass is 391 g/mol. The standard InChI is InChI=1S/C21H21N5O3/c1-26-9-7-21(29,20(26)28)6-4-14-10-16(24-15-2-3-15)12-17(11-14)25-19(27)18-5-8-22-13-23-18/h5,8,10-13,15,24,29H,2-3,7,9H2,1H3,(H,25,27)/t21-/m0/s1. The van der Waals surface area contributed by atoms with E-state index in [4.69, 9.17) is 0 Å². The molecule has 2 aromatic rings. The number of aromatic nitrogens is 2. The van der Waals surface area contributed by atoms with Gasteiger partial charge in [0.2, 0.25) is 5.60 Å². The molecule has 2 fully saturated rings. The molecule has 148 valence electrons. The highest BCUT2D eigenvalue weighted by Crippen LogP contribution is 2.28. The van der Waals surface area contributed by atoms with Crippen LogP contribution in [0, 0.1) is 11.8 Å². The number of likely N-dealkylation sites (tertiary alicyclic amines) is 1. The van der Waals surface area contributed by atoms with Gasteiger partial charge in [0, 0.05) is 49.2 Å². The van der Waals surface area contributed by atoms with Gasteiger partial charge in [-0.3, -0.25) is 9.59 Å². The zero-order valence-corrected chi connectivity index (χ0v) is 16.0. The summed E-state index contributed by atoms with van der Waals surface area (Å²) in [6.07, 6.45) is 5.28. The molecule has 1 aliphatic carbocycles. The number of anilines is 2.